The van der Waals surface area contributed by atoms with Crippen molar-refractivity contribution in [2.75, 3.05) is 13.2 Å². The molecule has 1 N–H and O–H groups in total. The van der Waals surface area contributed by atoms with Crippen LogP contribution < -0.4 is 4.74 Å². The van der Waals surface area contributed by atoms with Crippen molar-refractivity contribution in [2.24, 2.45) is 5.41 Å². The number of hydrogen-bond donors (Lipinski definition) is 1. The Kier molecular flexibility index (Phi) is 5.10. The second-order valence-corrected chi connectivity index (χ2v) is 7.09. The third-order valence-corrected chi connectivity index (χ3v) is 5.02. The zero-order valence-corrected chi connectivity index (χ0v) is 15.5. The maximum atomic E-state index is 12.5. The van der Waals surface area contributed by atoms with E-state index >= 15 is 0 Å². The summed E-state index contributed by atoms with van der Waals surface area (Å²) < 4.78 is 13.4. The van der Waals surface area contributed by atoms with Crippen molar-refractivity contribution in [1.82, 2.24) is 14.8 Å². The minimum Gasteiger partial charge on any atom is -0.490 e. The number of ether oxygens (including phenoxy) is 2. The molecule has 7 nitrogen and oxygen atoms in total. The number of carbonyl (C=O) groups is 1. The summed E-state index contributed by atoms with van der Waals surface area (Å²) in [5, 5.41) is 15.4. The van der Waals surface area contributed by atoms with Crippen molar-refractivity contribution >= 4 is 21.9 Å². The number of benzene rings is 1. The van der Waals surface area contributed by atoms with Gasteiger partial charge in [0.1, 0.15) is 36.0 Å². The lowest BCUT2D eigenvalue weighted by Gasteiger charge is -2.34. The van der Waals surface area contributed by atoms with Crippen LogP contribution in [0.1, 0.15) is 19.8 Å². The third-order valence-electron chi connectivity index (χ3n) is 4.49. The number of esters is 1. The van der Waals surface area contributed by atoms with E-state index < -0.39 is 17.0 Å². The van der Waals surface area contributed by atoms with Crippen LogP contribution in [0.5, 0.6) is 5.75 Å². The molecule has 0 spiro atoms. The van der Waals surface area contributed by atoms with E-state index in [9.17, 15) is 9.90 Å². The Bertz CT molecular complexity index is 716. The zero-order chi connectivity index (χ0) is 17.9. The highest BCUT2D eigenvalue weighted by Gasteiger charge is 2.66. The molecule has 1 aromatic carbocycles. The first-order valence-corrected chi connectivity index (χ1v) is 8.89. The van der Waals surface area contributed by atoms with Crippen molar-refractivity contribution < 1.29 is 19.4 Å². The summed E-state index contributed by atoms with van der Waals surface area (Å²) in [4.78, 5) is 16.4. The molecule has 1 fully saturated rings. The highest BCUT2D eigenvalue weighted by atomic mass is 79.9. The van der Waals surface area contributed by atoms with Crippen molar-refractivity contribution in [1.29, 1.82) is 0 Å². The van der Waals surface area contributed by atoms with Crippen LogP contribution in [0, 0.1) is 5.41 Å². The van der Waals surface area contributed by atoms with Gasteiger partial charge in [0.2, 0.25) is 0 Å². The predicted octanol–water partition coefficient (Wildman–Crippen LogP) is 2.19. The van der Waals surface area contributed by atoms with E-state index in [1.54, 1.807) is 19.1 Å². The molecule has 25 heavy (non-hydrogen) atoms. The van der Waals surface area contributed by atoms with Crippen LogP contribution in [-0.2, 0) is 16.1 Å². The zero-order valence-electron chi connectivity index (χ0n) is 13.9. The second kappa shape index (κ2) is 7.13. The molecule has 3 rings (SSSR count). The summed E-state index contributed by atoms with van der Waals surface area (Å²) in [6.07, 6.45) is 4.01. The van der Waals surface area contributed by atoms with Gasteiger partial charge in [0, 0.05) is 4.47 Å². The van der Waals surface area contributed by atoms with Gasteiger partial charge in [-0.3, -0.25) is 4.79 Å². The molecule has 0 aliphatic heterocycles. The Morgan fingerprint density at radius 3 is 2.68 bits per heavy atom. The number of hydrogen-bond acceptors (Lipinski definition) is 6. The van der Waals surface area contributed by atoms with E-state index in [-0.39, 0.29) is 19.8 Å². The van der Waals surface area contributed by atoms with E-state index in [2.05, 4.69) is 26.0 Å². The van der Waals surface area contributed by atoms with E-state index in [0.717, 1.165) is 4.47 Å². The molecule has 2 aromatic rings. The minimum atomic E-state index is -1.44. The number of aliphatic hydroxyl groups is 1. The molecule has 134 valence electrons. The van der Waals surface area contributed by atoms with Crippen LogP contribution in [0.4, 0.5) is 0 Å². The smallest absolute Gasteiger partial charge is 0.315 e. The normalized spacial score (nSPS) is 17.6. The molecule has 0 amide bonds. The Balaban J connectivity index is 1.81. The maximum absolute atomic E-state index is 12.5. The van der Waals surface area contributed by atoms with Crippen LogP contribution in [0.25, 0.3) is 0 Å². The molecule has 0 saturated heterocycles. The fourth-order valence-corrected chi connectivity index (χ4v) is 3.17. The average Bonchev–Trinajstić information content (AvgIpc) is 3.28. The van der Waals surface area contributed by atoms with Gasteiger partial charge in [0.15, 0.2) is 0 Å². The molecule has 1 aliphatic carbocycles. The molecule has 0 radical (unpaired) electrons. The van der Waals surface area contributed by atoms with E-state index in [4.69, 9.17) is 9.47 Å². The number of halogens is 1. The predicted molar refractivity (Wildman–Crippen MR) is 92.9 cm³/mol. The summed E-state index contributed by atoms with van der Waals surface area (Å²) in [5.41, 5.74) is -2.41. The van der Waals surface area contributed by atoms with Gasteiger partial charge in [-0.1, -0.05) is 15.9 Å². The van der Waals surface area contributed by atoms with Gasteiger partial charge in [-0.15, -0.1) is 0 Å². The fourth-order valence-electron chi connectivity index (χ4n) is 2.90. The topological polar surface area (TPSA) is 86.5 Å². The standard InChI is InChI=1S/C17H20BrN3O4/c1-2-24-15(22)16(7-8-16)17(23,9-21-12-19-11-20-21)10-25-14-5-3-13(18)4-6-14/h3-6,11-12,23H,2,7-10H2,1H3. The maximum Gasteiger partial charge on any atom is 0.315 e. The minimum absolute atomic E-state index is 0.0483. The van der Waals surface area contributed by atoms with Gasteiger partial charge < -0.3 is 14.6 Å². The Labute approximate surface area is 154 Å². The average molecular weight is 410 g/mol. The first-order chi connectivity index (χ1) is 12.0. The van der Waals surface area contributed by atoms with Gasteiger partial charge >= 0.3 is 5.97 Å². The summed E-state index contributed by atoms with van der Waals surface area (Å²) in [6, 6.07) is 7.29. The lowest BCUT2D eigenvalue weighted by atomic mass is 9.84. The summed E-state index contributed by atoms with van der Waals surface area (Å²) >= 11 is 3.37. The Morgan fingerprint density at radius 1 is 1.40 bits per heavy atom. The first kappa shape index (κ1) is 17.9. The van der Waals surface area contributed by atoms with Gasteiger partial charge in [-0.2, -0.15) is 5.10 Å². The Morgan fingerprint density at radius 2 is 2.12 bits per heavy atom. The quantitative estimate of drug-likeness (QED) is 0.672. The number of aromatic nitrogens is 3. The van der Waals surface area contributed by atoms with Crippen LogP contribution in [0.3, 0.4) is 0 Å². The number of nitrogens with zero attached hydrogens (tertiary/aromatic N) is 3. The molecule has 1 aromatic heterocycles. The molecule has 1 saturated carbocycles. The van der Waals surface area contributed by atoms with Crippen LogP contribution in [0.15, 0.2) is 41.4 Å². The van der Waals surface area contributed by atoms with E-state index in [1.807, 2.05) is 12.1 Å². The molecular formula is C17H20BrN3O4. The largest absolute Gasteiger partial charge is 0.490 e. The van der Waals surface area contributed by atoms with Gasteiger partial charge in [-0.25, -0.2) is 9.67 Å². The fraction of sp³-hybridized carbons (Fsp3) is 0.471. The molecule has 8 heteroatoms. The lowest BCUT2D eigenvalue weighted by Crippen LogP contribution is -2.52. The van der Waals surface area contributed by atoms with Crippen molar-refractivity contribution in [2.45, 2.75) is 31.9 Å². The van der Waals surface area contributed by atoms with Crippen LogP contribution in [0.2, 0.25) is 0 Å². The third kappa shape index (κ3) is 3.69. The summed E-state index contributed by atoms with van der Waals surface area (Å²) in [5.74, 6) is 0.219. The van der Waals surface area contributed by atoms with Crippen molar-refractivity contribution in [3.63, 3.8) is 0 Å². The summed E-state index contributed by atoms with van der Waals surface area (Å²) in [7, 11) is 0. The van der Waals surface area contributed by atoms with Crippen LogP contribution >= 0.6 is 15.9 Å². The van der Waals surface area contributed by atoms with E-state index in [0.29, 0.717) is 18.6 Å². The SMILES string of the molecule is CCOC(=O)C1(C(O)(COc2ccc(Br)cc2)Cn2cncn2)CC1. The molecule has 1 atom stereocenters. The van der Waals surface area contributed by atoms with Crippen LogP contribution in [-0.4, -0.2) is 44.7 Å². The highest BCUT2D eigenvalue weighted by molar-refractivity contribution is 9.10. The summed E-state index contributed by atoms with van der Waals surface area (Å²) in [6.45, 7) is 2.08. The van der Waals surface area contributed by atoms with Crippen molar-refractivity contribution in [3.05, 3.63) is 41.4 Å². The van der Waals surface area contributed by atoms with E-state index in [1.165, 1.54) is 17.3 Å². The molecular weight excluding hydrogens is 390 g/mol. The van der Waals surface area contributed by atoms with Gasteiger partial charge in [-0.05, 0) is 44.0 Å². The molecule has 1 aliphatic rings. The second-order valence-electron chi connectivity index (χ2n) is 6.17. The molecule has 1 unspecified atom stereocenters. The molecule has 0 bridgehead atoms. The molecule has 1 heterocycles. The van der Waals surface area contributed by atoms with Gasteiger partial charge in [0.05, 0.1) is 13.2 Å². The number of carbonyl (C=O) groups excluding carboxylic acids is 1. The Hall–Kier alpha value is -1.93. The van der Waals surface area contributed by atoms with Gasteiger partial charge in [0.25, 0.3) is 0 Å². The number of rotatable bonds is 8. The first-order valence-electron chi connectivity index (χ1n) is 8.09. The van der Waals surface area contributed by atoms with Crippen molar-refractivity contribution in [3.8, 4) is 5.75 Å². The monoisotopic (exact) mass is 409 g/mol. The lowest BCUT2D eigenvalue weighted by molar-refractivity contribution is -0.167. The highest BCUT2D eigenvalue weighted by Crippen LogP contribution is 2.55.